The predicted octanol–water partition coefficient (Wildman–Crippen LogP) is 2.98. The fraction of sp³-hybridized carbons (Fsp3) is 0.0714. The summed E-state index contributed by atoms with van der Waals surface area (Å²) in [5.74, 6) is -0.918. The van der Waals surface area contributed by atoms with Gasteiger partial charge in [0.15, 0.2) is 0 Å². The summed E-state index contributed by atoms with van der Waals surface area (Å²) in [7, 11) is 1.27. The van der Waals surface area contributed by atoms with E-state index in [-0.39, 0.29) is 17.1 Å². The zero-order valence-corrected chi connectivity index (χ0v) is 9.68. The molecular formula is C14H11FO3. The number of carbonyl (C=O) groups excluding carboxylic acids is 1. The van der Waals surface area contributed by atoms with Crippen LogP contribution < -0.4 is 0 Å². The zero-order chi connectivity index (χ0) is 13.1. The second kappa shape index (κ2) is 4.87. The maximum atomic E-state index is 12.8. The molecule has 0 aliphatic carbocycles. The fourth-order valence-electron chi connectivity index (χ4n) is 1.66. The zero-order valence-electron chi connectivity index (χ0n) is 9.68. The van der Waals surface area contributed by atoms with Crippen LogP contribution in [0.1, 0.15) is 10.4 Å². The number of methoxy groups -OCH3 is 1. The van der Waals surface area contributed by atoms with Crippen molar-refractivity contribution in [3.63, 3.8) is 0 Å². The van der Waals surface area contributed by atoms with Crippen LogP contribution in [-0.2, 0) is 4.74 Å². The monoisotopic (exact) mass is 246 g/mol. The molecule has 0 aromatic heterocycles. The van der Waals surface area contributed by atoms with E-state index in [9.17, 15) is 14.3 Å². The second-order valence-corrected chi connectivity index (χ2v) is 3.77. The van der Waals surface area contributed by atoms with E-state index < -0.39 is 5.97 Å². The highest BCUT2D eigenvalue weighted by Gasteiger charge is 2.09. The number of benzene rings is 2. The van der Waals surface area contributed by atoms with Gasteiger partial charge in [0.05, 0.1) is 12.7 Å². The van der Waals surface area contributed by atoms with Gasteiger partial charge in [-0.05, 0) is 41.5 Å². The summed E-state index contributed by atoms with van der Waals surface area (Å²) in [6, 6.07) is 10.2. The molecule has 0 fully saturated rings. The summed E-state index contributed by atoms with van der Waals surface area (Å²) < 4.78 is 17.4. The Morgan fingerprint density at radius 1 is 1.11 bits per heavy atom. The second-order valence-electron chi connectivity index (χ2n) is 3.77. The fourth-order valence-corrected chi connectivity index (χ4v) is 1.66. The summed E-state index contributed by atoms with van der Waals surface area (Å²) in [4.78, 5) is 11.4. The van der Waals surface area contributed by atoms with Crippen LogP contribution in [0.25, 0.3) is 11.1 Å². The number of esters is 1. The van der Waals surface area contributed by atoms with Gasteiger partial charge in [-0.2, -0.15) is 0 Å². The molecule has 0 saturated carbocycles. The lowest BCUT2D eigenvalue weighted by Gasteiger charge is -2.06. The van der Waals surface area contributed by atoms with Gasteiger partial charge in [-0.15, -0.1) is 0 Å². The first-order valence-electron chi connectivity index (χ1n) is 5.28. The Bertz CT molecular complexity index is 576. The maximum Gasteiger partial charge on any atom is 0.338 e. The van der Waals surface area contributed by atoms with Gasteiger partial charge in [0.2, 0.25) is 0 Å². The number of rotatable bonds is 2. The lowest BCUT2D eigenvalue weighted by atomic mass is 10.0. The predicted molar refractivity (Wildman–Crippen MR) is 64.8 cm³/mol. The topological polar surface area (TPSA) is 46.5 Å². The minimum atomic E-state index is -0.533. The molecule has 0 aliphatic rings. The number of hydrogen-bond donors (Lipinski definition) is 1. The first-order chi connectivity index (χ1) is 8.60. The molecular weight excluding hydrogens is 235 g/mol. The summed E-state index contributed by atoms with van der Waals surface area (Å²) in [5.41, 5.74) is 1.57. The Hall–Kier alpha value is -2.36. The van der Waals surface area contributed by atoms with E-state index in [0.29, 0.717) is 11.1 Å². The summed E-state index contributed by atoms with van der Waals surface area (Å²) >= 11 is 0. The van der Waals surface area contributed by atoms with Crippen LogP contribution in [-0.4, -0.2) is 18.2 Å². The molecule has 0 spiro atoms. The normalized spacial score (nSPS) is 10.1. The van der Waals surface area contributed by atoms with Crippen molar-refractivity contribution in [2.24, 2.45) is 0 Å². The molecule has 0 atom stereocenters. The summed E-state index contributed by atoms with van der Waals surface area (Å²) in [6.07, 6.45) is 0. The van der Waals surface area contributed by atoms with E-state index in [1.165, 1.54) is 31.4 Å². The van der Waals surface area contributed by atoms with E-state index in [0.717, 1.165) is 0 Å². The molecule has 0 radical (unpaired) electrons. The highest BCUT2D eigenvalue weighted by atomic mass is 19.1. The average Bonchev–Trinajstić information content (AvgIpc) is 2.38. The molecule has 0 saturated heterocycles. The Morgan fingerprint density at radius 3 is 2.39 bits per heavy atom. The first-order valence-corrected chi connectivity index (χ1v) is 5.28. The number of hydrogen-bond acceptors (Lipinski definition) is 3. The van der Waals surface area contributed by atoms with Crippen LogP contribution in [0.5, 0.6) is 5.75 Å². The van der Waals surface area contributed by atoms with Gasteiger partial charge in [-0.25, -0.2) is 9.18 Å². The van der Waals surface area contributed by atoms with Crippen molar-refractivity contribution in [3.05, 3.63) is 53.8 Å². The molecule has 1 N–H and O–H groups in total. The minimum Gasteiger partial charge on any atom is -0.508 e. The van der Waals surface area contributed by atoms with Crippen molar-refractivity contribution < 1.29 is 19.0 Å². The molecule has 0 heterocycles. The first kappa shape index (κ1) is 12.1. The van der Waals surface area contributed by atoms with Crippen LogP contribution in [0.4, 0.5) is 4.39 Å². The highest BCUT2D eigenvalue weighted by molar-refractivity contribution is 5.91. The van der Waals surface area contributed by atoms with Crippen molar-refractivity contribution >= 4 is 5.97 Å². The lowest BCUT2D eigenvalue weighted by Crippen LogP contribution is -2.01. The molecule has 2 aromatic rings. The lowest BCUT2D eigenvalue weighted by molar-refractivity contribution is 0.0600. The van der Waals surface area contributed by atoms with Gasteiger partial charge in [0.25, 0.3) is 0 Å². The number of aromatic hydroxyl groups is 1. The number of carbonyl (C=O) groups is 1. The number of phenols is 1. The Morgan fingerprint density at radius 2 is 1.78 bits per heavy atom. The van der Waals surface area contributed by atoms with Gasteiger partial charge in [-0.1, -0.05) is 12.1 Å². The van der Waals surface area contributed by atoms with Gasteiger partial charge in [-0.3, -0.25) is 0 Å². The Balaban J connectivity index is 2.48. The van der Waals surface area contributed by atoms with E-state index in [4.69, 9.17) is 0 Å². The highest BCUT2D eigenvalue weighted by Crippen LogP contribution is 2.26. The average molecular weight is 246 g/mol. The number of halogens is 1. The smallest absolute Gasteiger partial charge is 0.338 e. The number of ether oxygens (including phenoxy) is 1. The van der Waals surface area contributed by atoms with Crippen molar-refractivity contribution in [3.8, 4) is 16.9 Å². The molecule has 18 heavy (non-hydrogen) atoms. The molecule has 3 nitrogen and oxygen atoms in total. The molecule has 0 bridgehead atoms. The third-order valence-electron chi connectivity index (χ3n) is 2.52. The van der Waals surface area contributed by atoms with Crippen LogP contribution in [0.15, 0.2) is 42.5 Å². The van der Waals surface area contributed by atoms with E-state index in [2.05, 4.69) is 4.74 Å². The van der Waals surface area contributed by atoms with Gasteiger partial charge in [0, 0.05) is 0 Å². The van der Waals surface area contributed by atoms with Crippen molar-refractivity contribution in [2.75, 3.05) is 7.11 Å². The summed E-state index contributed by atoms with van der Waals surface area (Å²) in [6.45, 7) is 0. The summed E-state index contributed by atoms with van der Waals surface area (Å²) in [5, 5.41) is 9.57. The van der Waals surface area contributed by atoms with Crippen molar-refractivity contribution in [2.45, 2.75) is 0 Å². The Kier molecular flexibility index (Phi) is 3.28. The third-order valence-corrected chi connectivity index (χ3v) is 2.52. The third kappa shape index (κ3) is 2.48. The molecule has 2 rings (SSSR count). The molecule has 4 heteroatoms. The van der Waals surface area contributed by atoms with Crippen molar-refractivity contribution in [1.82, 2.24) is 0 Å². The molecule has 0 amide bonds. The van der Waals surface area contributed by atoms with E-state index >= 15 is 0 Å². The van der Waals surface area contributed by atoms with Crippen molar-refractivity contribution in [1.29, 1.82) is 0 Å². The van der Waals surface area contributed by atoms with Gasteiger partial charge in [0.1, 0.15) is 11.6 Å². The molecule has 2 aromatic carbocycles. The van der Waals surface area contributed by atoms with Crippen LogP contribution in [0.2, 0.25) is 0 Å². The Labute approximate surface area is 103 Å². The quantitative estimate of drug-likeness (QED) is 0.828. The van der Waals surface area contributed by atoms with Crippen LogP contribution in [0.3, 0.4) is 0 Å². The van der Waals surface area contributed by atoms with E-state index in [1.54, 1.807) is 18.2 Å². The van der Waals surface area contributed by atoms with Crippen LogP contribution >= 0.6 is 0 Å². The van der Waals surface area contributed by atoms with Gasteiger partial charge < -0.3 is 9.84 Å². The molecule has 0 unspecified atom stereocenters. The molecule has 0 aliphatic heterocycles. The SMILES string of the molecule is COC(=O)c1cc(O)cc(-c2ccc(F)cc2)c1. The number of phenolic OH excluding ortho intramolecular Hbond substituents is 1. The maximum absolute atomic E-state index is 12.8. The largest absolute Gasteiger partial charge is 0.508 e. The minimum absolute atomic E-state index is 0.0442. The molecule has 92 valence electrons. The van der Waals surface area contributed by atoms with Gasteiger partial charge >= 0.3 is 5.97 Å². The standard InChI is InChI=1S/C14H11FO3/c1-18-14(17)11-6-10(7-13(16)8-11)9-2-4-12(15)5-3-9/h2-8,16H,1H3. The van der Waals surface area contributed by atoms with E-state index in [1.807, 2.05) is 0 Å². The van der Waals surface area contributed by atoms with Crippen LogP contribution in [0, 0.1) is 5.82 Å².